The molecule has 1 aromatic heterocycles. The third kappa shape index (κ3) is 3.48. The Labute approximate surface area is 159 Å². The lowest BCUT2D eigenvalue weighted by Gasteiger charge is -2.35. The second kappa shape index (κ2) is 6.99. The molecule has 1 saturated heterocycles. The van der Waals surface area contributed by atoms with E-state index in [9.17, 15) is 4.79 Å². The molecule has 26 heavy (non-hydrogen) atoms. The minimum Gasteiger partial charge on any atom is -0.340 e. The summed E-state index contributed by atoms with van der Waals surface area (Å²) in [4.78, 5) is 24.2. The number of Topliss-reactive ketones (excluding diaryl/α,β-unsaturated/α-hetero) is 1. The van der Waals surface area contributed by atoms with Crippen LogP contribution in [0.15, 0.2) is 30.5 Å². The first-order valence-electron chi connectivity index (χ1n) is 9.39. The van der Waals surface area contributed by atoms with Crippen molar-refractivity contribution in [1.82, 2.24) is 9.97 Å². The Balaban J connectivity index is 1.61. The predicted octanol–water partition coefficient (Wildman–Crippen LogP) is 4.53. The van der Waals surface area contributed by atoms with Crippen LogP contribution in [0.3, 0.4) is 0 Å². The number of ketones is 1. The smallest absolute Gasteiger partial charge is 0.225 e. The number of halogens is 1. The number of carbonyl (C=O) groups is 1. The SMILES string of the molecule is C[C@@H]1C[C@@H](C)CN(c2ncc3c(n2)C[C@H](c2ccc(Cl)cc2)CC3=O)C1. The molecule has 3 atom stereocenters. The minimum atomic E-state index is 0.137. The van der Waals surface area contributed by atoms with E-state index in [2.05, 4.69) is 23.7 Å². The van der Waals surface area contributed by atoms with Crippen molar-refractivity contribution in [3.05, 3.63) is 52.3 Å². The van der Waals surface area contributed by atoms with Gasteiger partial charge in [-0.25, -0.2) is 9.97 Å². The monoisotopic (exact) mass is 369 g/mol. The molecule has 1 aromatic carbocycles. The van der Waals surface area contributed by atoms with Crippen LogP contribution >= 0.6 is 11.6 Å². The lowest BCUT2D eigenvalue weighted by Crippen LogP contribution is -2.40. The zero-order chi connectivity index (χ0) is 18.3. The first-order chi connectivity index (χ1) is 12.5. The number of hydrogen-bond donors (Lipinski definition) is 0. The molecule has 1 fully saturated rings. The van der Waals surface area contributed by atoms with Crippen LogP contribution in [0.25, 0.3) is 0 Å². The summed E-state index contributed by atoms with van der Waals surface area (Å²) in [5.41, 5.74) is 2.72. The maximum Gasteiger partial charge on any atom is 0.225 e. The molecule has 1 aliphatic heterocycles. The van der Waals surface area contributed by atoms with E-state index in [0.717, 1.165) is 36.7 Å². The summed E-state index contributed by atoms with van der Waals surface area (Å²) in [5.74, 6) is 2.35. The van der Waals surface area contributed by atoms with Crippen LogP contribution in [0.2, 0.25) is 5.02 Å². The number of hydrogen-bond acceptors (Lipinski definition) is 4. The van der Waals surface area contributed by atoms with Crippen molar-refractivity contribution in [2.75, 3.05) is 18.0 Å². The van der Waals surface area contributed by atoms with Gasteiger partial charge in [-0.2, -0.15) is 0 Å². The molecule has 0 bridgehead atoms. The van der Waals surface area contributed by atoms with Gasteiger partial charge in [0.2, 0.25) is 5.95 Å². The number of nitrogens with zero attached hydrogens (tertiary/aromatic N) is 3. The highest BCUT2D eigenvalue weighted by atomic mass is 35.5. The fraction of sp³-hybridized carbons (Fsp3) is 0.476. The number of benzene rings is 1. The molecule has 0 unspecified atom stereocenters. The number of aromatic nitrogens is 2. The second-order valence-corrected chi connectivity index (χ2v) is 8.40. The van der Waals surface area contributed by atoms with Gasteiger partial charge >= 0.3 is 0 Å². The van der Waals surface area contributed by atoms with Gasteiger partial charge in [0.25, 0.3) is 0 Å². The van der Waals surface area contributed by atoms with Gasteiger partial charge in [0.05, 0.1) is 11.3 Å². The van der Waals surface area contributed by atoms with Gasteiger partial charge in [-0.05, 0) is 48.3 Å². The summed E-state index contributed by atoms with van der Waals surface area (Å²) in [5, 5.41) is 0.717. The first kappa shape index (κ1) is 17.5. The van der Waals surface area contributed by atoms with E-state index in [0.29, 0.717) is 28.8 Å². The molecule has 1 aliphatic carbocycles. The van der Waals surface area contributed by atoms with Crippen LogP contribution in [0.4, 0.5) is 5.95 Å². The number of fused-ring (bicyclic) bond motifs is 1. The highest BCUT2D eigenvalue weighted by Crippen LogP contribution is 2.33. The van der Waals surface area contributed by atoms with Crippen LogP contribution in [0, 0.1) is 11.8 Å². The highest BCUT2D eigenvalue weighted by molar-refractivity contribution is 6.30. The quantitative estimate of drug-likeness (QED) is 0.780. The molecule has 0 spiro atoms. The number of rotatable bonds is 2. The van der Waals surface area contributed by atoms with Crippen molar-refractivity contribution < 1.29 is 4.79 Å². The van der Waals surface area contributed by atoms with E-state index in [1.807, 2.05) is 24.3 Å². The number of anilines is 1. The van der Waals surface area contributed by atoms with E-state index in [4.69, 9.17) is 16.6 Å². The van der Waals surface area contributed by atoms with Gasteiger partial charge in [0.15, 0.2) is 5.78 Å². The van der Waals surface area contributed by atoms with Crippen LogP contribution in [-0.2, 0) is 6.42 Å². The average Bonchev–Trinajstić information content (AvgIpc) is 2.61. The lowest BCUT2D eigenvalue weighted by molar-refractivity contribution is 0.0962. The largest absolute Gasteiger partial charge is 0.340 e. The number of piperidine rings is 1. The van der Waals surface area contributed by atoms with Crippen molar-refractivity contribution in [2.45, 2.75) is 39.0 Å². The van der Waals surface area contributed by atoms with E-state index >= 15 is 0 Å². The van der Waals surface area contributed by atoms with E-state index < -0.39 is 0 Å². The topological polar surface area (TPSA) is 46.1 Å². The van der Waals surface area contributed by atoms with Gasteiger partial charge in [-0.1, -0.05) is 37.6 Å². The van der Waals surface area contributed by atoms with E-state index in [-0.39, 0.29) is 11.7 Å². The molecule has 2 heterocycles. The minimum absolute atomic E-state index is 0.137. The summed E-state index contributed by atoms with van der Waals surface area (Å²) in [6, 6.07) is 7.81. The zero-order valence-electron chi connectivity index (χ0n) is 15.3. The molecule has 0 saturated carbocycles. The molecule has 0 radical (unpaired) electrons. The van der Waals surface area contributed by atoms with Gasteiger partial charge in [-0.15, -0.1) is 0 Å². The van der Waals surface area contributed by atoms with Crippen LogP contribution in [0.5, 0.6) is 0 Å². The van der Waals surface area contributed by atoms with Crippen LogP contribution in [-0.4, -0.2) is 28.8 Å². The van der Waals surface area contributed by atoms with Crippen molar-refractivity contribution in [3.63, 3.8) is 0 Å². The molecule has 4 nitrogen and oxygen atoms in total. The van der Waals surface area contributed by atoms with Gasteiger partial charge in [0, 0.05) is 30.7 Å². The van der Waals surface area contributed by atoms with Crippen molar-refractivity contribution in [3.8, 4) is 0 Å². The highest BCUT2D eigenvalue weighted by Gasteiger charge is 2.30. The maximum absolute atomic E-state index is 12.6. The third-order valence-electron chi connectivity index (χ3n) is 5.52. The van der Waals surface area contributed by atoms with Crippen LogP contribution < -0.4 is 4.90 Å². The molecule has 0 N–H and O–H groups in total. The Bertz CT molecular complexity index is 811. The molecule has 4 rings (SSSR count). The van der Waals surface area contributed by atoms with Gasteiger partial charge in [-0.3, -0.25) is 4.79 Å². The van der Waals surface area contributed by atoms with E-state index in [1.54, 1.807) is 6.20 Å². The molecule has 0 amide bonds. The van der Waals surface area contributed by atoms with Crippen molar-refractivity contribution >= 4 is 23.3 Å². The Morgan fingerprint density at radius 3 is 2.46 bits per heavy atom. The van der Waals surface area contributed by atoms with Crippen LogP contribution in [0.1, 0.15) is 54.2 Å². The van der Waals surface area contributed by atoms with Crippen molar-refractivity contribution in [2.24, 2.45) is 11.8 Å². The summed E-state index contributed by atoms with van der Waals surface area (Å²) in [7, 11) is 0. The zero-order valence-corrected chi connectivity index (χ0v) is 16.0. The summed E-state index contributed by atoms with van der Waals surface area (Å²) < 4.78 is 0. The van der Waals surface area contributed by atoms with Gasteiger partial charge in [0.1, 0.15) is 0 Å². The summed E-state index contributed by atoms with van der Waals surface area (Å²) in [6.45, 7) is 6.53. The fourth-order valence-corrected chi connectivity index (χ4v) is 4.51. The van der Waals surface area contributed by atoms with Gasteiger partial charge < -0.3 is 4.90 Å². The lowest BCUT2D eigenvalue weighted by atomic mass is 9.82. The molecule has 2 aliphatic rings. The molecular formula is C21H24ClN3O. The third-order valence-corrected chi connectivity index (χ3v) is 5.77. The Hall–Kier alpha value is -1.94. The molecule has 2 aromatic rings. The summed E-state index contributed by atoms with van der Waals surface area (Å²) in [6.07, 6.45) is 4.27. The fourth-order valence-electron chi connectivity index (χ4n) is 4.38. The molecule has 5 heteroatoms. The Morgan fingerprint density at radius 2 is 1.77 bits per heavy atom. The average molecular weight is 370 g/mol. The van der Waals surface area contributed by atoms with Crippen molar-refractivity contribution in [1.29, 1.82) is 0 Å². The van der Waals surface area contributed by atoms with E-state index in [1.165, 1.54) is 6.42 Å². The molecular weight excluding hydrogens is 346 g/mol. The predicted molar refractivity (Wildman–Crippen MR) is 104 cm³/mol. The second-order valence-electron chi connectivity index (χ2n) is 7.96. The Kier molecular flexibility index (Phi) is 4.70. The Morgan fingerprint density at radius 1 is 1.08 bits per heavy atom. The molecule has 136 valence electrons. The normalized spacial score (nSPS) is 25.9. The standard InChI is InChI=1S/C21H24ClN3O/c1-13-7-14(2)12-25(11-13)21-23-10-18-19(24-21)8-16(9-20(18)26)15-3-5-17(22)6-4-15/h3-6,10,13-14,16H,7-9,11-12H2,1-2H3/t13-,14-,16+/m1/s1. The summed E-state index contributed by atoms with van der Waals surface area (Å²) >= 11 is 6.00. The first-order valence-corrected chi connectivity index (χ1v) is 9.77. The number of carbonyl (C=O) groups excluding carboxylic acids is 1. The maximum atomic E-state index is 12.6.